The van der Waals surface area contributed by atoms with Crippen molar-refractivity contribution in [1.29, 1.82) is 0 Å². The number of rotatable bonds is 4. The number of nitrogens with one attached hydrogen (secondary N) is 1. The highest BCUT2D eigenvalue weighted by Gasteiger charge is 2.47. The minimum Gasteiger partial charge on any atom is -0.481 e. The summed E-state index contributed by atoms with van der Waals surface area (Å²) in [7, 11) is 0. The SMILES string of the molecule is CCN(CC)C(=O)NC1COCC1(C)C(=O)O. The maximum absolute atomic E-state index is 11.8. The summed E-state index contributed by atoms with van der Waals surface area (Å²) in [6.07, 6.45) is 0. The van der Waals surface area contributed by atoms with Crippen LogP contribution >= 0.6 is 0 Å². The summed E-state index contributed by atoms with van der Waals surface area (Å²) in [6.45, 7) is 6.92. The largest absolute Gasteiger partial charge is 0.481 e. The average Bonchev–Trinajstić information content (AvgIpc) is 2.63. The minimum absolute atomic E-state index is 0.130. The number of amides is 2. The lowest BCUT2D eigenvalue weighted by Crippen LogP contribution is -2.53. The van der Waals surface area contributed by atoms with E-state index in [1.807, 2.05) is 13.8 Å². The molecule has 1 aliphatic heterocycles. The molecule has 1 rings (SSSR count). The van der Waals surface area contributed by atoms with Crippen LogP contribution in [0.4, 0.5) is 4.79 Å². The number of carbonyl (C=O) groups is 2. The van der Waals surface area contributed by atoms with Crippen LogP contribution in [0.25, 0.3) is 0 Å². The number of urea groups is 1. The van der Waals surface area contributed by atoms with Gasteiger partial charge in [-0.15, -0.1) is 0 Å². The molecule has 0 spiro atoms. The van der Waals surface area contributed by atoms with E-state index in [4.69, 9.17) is 9.84 Å². The molecular formula is C11H20N2O4. The zero-order valence-corrected chi connectivity index (χ0v) is 10.5. The highest BCUT2D eigenvalue weighted by molar-refractivity contribution is 5.79. The standard InChI is InChI=1S/C11H20N2O4/c1-4-13(5-2)10(16)12-8-6-17-7-11(8,3)9(14)15/h8H,4-7H2,1-3H3,(H,12,16)(H,14,15). The molecule has 6 nitrogen and oxygen atoms in total. The van der Waals surface area contributed by atoms with E-state index in [1.54, 1.807) is 11.8 Å². The highest BCUT2D eigenvalue weighted by Crippen LogP contribution is 2.28. The zero-order chi connectivity index (χ0) is 13.1. The molecule has 0 aliphatic carbocycles. The number of aliphatic carboxylic acids is 1. The molecule has 1 saturated heterocycles. The summed E-state index contributed by atoms with van der Waals surface area (Å²) in [5.74, 6) is -0.945. The molecule has 6 heteroatoms. The molecule has 2 atom stereocenters. The van der Waals surface area contributed by atoms with Crippen molar-refractivity contribution in [2.75, 3.05) is 26.3 Å². The quantitative estimate of drug-likeness (QED) is 0.756. The normalized spacial score (nSPS) is 27.8. The Bertz CT molecular complexity index is 304. The third-order valence-electron chi connectivity index (χ3n) is 3.29. The van der Waals surface area contributed by atoms with Crippen LogP contribution < -0.4 is 5.32 Å². The Kier molecular flexibility index (Phi) is 4.34. The van der Waals surface area contributed by atoms with Gasteiger partial charge in [0.05, 0.1) is 19.3 Å². The molecule has 1 heterocycles. The van der Waals surface area contributed by atoms with Crippen LogP contribution in [-0.4, -0.2) is 54.4 Å². The van der Waals surface area contributed by atoms with Gasteiger partial charge >= 0.3 is 12.0 Å². The van der Waals surface area contributed by atoms with Crippen LogP contribution in [0.2, 0.25) is 0 Å². The lowest BCUT2D eigenvalue weighted by Gasteiger charge is -2.28. The second-order valence-corrected chi connectivity index (χ2v) is 4.41. The molecule has 0 aromatic heterocycles. The molecule has 2 N–H and O–H groups in total. The summed E-state index contributed by atoms with van der Waals surface area (Å²) < 4.78 is 5.17. The minimum atomic E-state index is -1.04. The van der Waals surface area contributed by atoms with Gasteiger partial charge in [0.2, 0.25) is 0 Å². The lowest BCUT2D eigenvalue weighted by atomic mass is 9.85. The molecule has 2 amide bonds. The number of nitrogens with zero attached hydrogens (tertiary/aromatic N) is 1. The smallest absolute Gasteiger partial charge is 0.317 e. The van der Waals surface area contributed by atoms with Crippen molar-refractivity contribution in [3.63, 3.8) is 0 Å². The van der Waals surface area contributed by atoms with Gasteiger partial charge in [-0.25, -0.2) is 4.79 Å². The monoisotopic (exact) mass is 244 g/mol. The van der Waals surface area contributed by atoms with Crippen LogP contribution in [0.1, 0.15) is 20.8 Å². The van der Waals surface area contributed by atoms with Crippen LogP contribution in [-0.2, 0) is 9.53 Å². The summed E-state index contributed by atoms with van der Waals surface area (Å²) in [4.78, 5) is 24.6. The number of carboxylic acid groups (broad SMARTS) is 1. The van der Waals surface area contributed by atoms with Crippen LogP contribution in [0.15, 0.2) is 0 Å². The Hall–Kier alpha value is -1.30. The first-order valence-corrected chi connectivity index (χ1v) is 5.82. The van der Waals surface area contributed by atoms with Crippen molar-refractivity contribution in [2.45, 2.75) is 26.8 Å². The van der Waals surface area contributed by atoms with Gasteiger partial charge in [0, 0.05) is 13.1 Å². The predicted molar refractivity (Wildman–Crippen MR) is 61.8 cm³/mol. The Morgan fingerprint density at radius 1 is 1.47 bits per heavy atom. The van der Waals surface area contributed by atoms with E-state index in [-0.39, 0.29) is 19.2 Å². The second kappa shape index (κ2) is 5.35. The number of carboxylic acids is 1. The van der Waals surface area contributed by atoms with Crippen molar-refractivity contribution >= 4 is 12.0 Å². The van der Waals surface area contributed by atoms with Crippen molar-refractivity contribution in [3.8, 4) is 0 Å². The predicted octanol–water partition coefficient (Wildman–Crippen LogP) is 0.527. The van der Waals surface area contributed by atoms with Crippen molar-refractivity contribution in [1.82, 2.24) is 10.2 Å². The molecule has 0 aromatic rings. The summed E-state index contributed by atoms with van der Waals surface area (Å²) in [6, 6.07) is -0.717. The molecule has 0 radical (unpaired) electrons. The fraction of sp³-hybridized carbons (Fsp3) is 0.818. The first-order valence-electron chi connectivity index (χ1n) is 5.82. The van der Waals surface area contributed by atoms with E-state index in [2.05, 4.69) is 5.32 Å². The summed E-state index contributed by atoms with van der Waals surface area (Å²) >= 11 is 0. The molecule has 2 unspecified atom stereocenters. The molecule has 1 aliphatic rings. The maximum atomic E-state index is 11.8. The molecule has 17 heavy (non-hydrogen) atoms. The van der Waals surface area contributed by atoms with Crippen LogP contribution in [0.5, 0.6) is 0 Å². The third kappa shape index (κ3) is 2.69. The molecular weight excluding hydrogens is 224 g/mol. The third-order valence-corrected chi connectivity index (χ3v) is 3.29. The number of hydrogen-bond acceptors (Lipinski definition) is 3. The summed E-state index contributed by atoms with van der Waals surface area (Å²) in [5, 5.41) is 11.9. The van der Waals surface area contributed by atoms with Crippen LogP contribution in [0, 0.1) is 5.41 Å². The van der Waals surface area contributed by atoms with Gasteiger partial charge in [-0.3, -0.25) is 4.79 Å². The van der Waals surface area contributed by atoms with Gasteiger partial charge in [0.1, 0.15) is 5.41 Å². The second-order valence-electron chi connectivity index (χ2n) is 4.41. The number of hydrogen-bond donors (Lipinski definition) is 2. The Balaban J connectivity index is 2.68. The first-order chi connectivity index (χ1) is 7.95. The molecule has 0 saturated carbocycles. The average molecular weight is 244 g/mol. The Morgan fingerprint density at radius 2 is 2.06 bits per heavy atom. The van der Waals surface area contributed by atoms with Gasteiger partial charge in [0.15, 0.2) is 0 Å². The molecule has 0 aromatic carbocycles. The Labute approximate surface area is 101 Å². The van der Waals surface area contributed by atoms with Crippen molar-refractivity contribution in [3.05, 3.63) is 0 Å². The van der Waals surface area contributed by atoms with E-state index < -0.39 is 17.4 Å². The first kappa shape index (κ1) is 13.8. The molecule has 1 fully saturated rings. The van der Waals surface area contributed by atoms with E-state index in [1.165, 1.54) is 0 Å². The van der Waals surface area contributed by atoms with Crippen molar-refractivity contribution in [2.24, 2.45) is 5.41 Å². The topological polar surface area (TPSA) is 78.9 Å². The van der Waals surface area contributed by atoms with E-state index >= 15 is 0 Å². The van der Waals surface area contributed by atoms with Gasteiger partial charge in [-0.1, -0.05) is 0 Å². The van der Waals surface area contributed by atoms with Gasteiger partial charge in [0.25, 0.3) is 0 Å². The summed E-state index contributed by atoms with van der Waals surface area (Å²) in [5.41, 5.74) is -1.04. The van der Waals surface area contributed by atoms with Crippen molar-refractivity contribution < 1.29 is 19.4 Å². The fourth-order valence-corrected chi connectivity index (χ4v) is 1.84. The zero-order valence-electron chi connectivity index (χ0n) is 10.5. The maximum Gasteiger partial charge on any atom is 0.317 e. The van der Waals surface area contributed by atoms with E-state index in [0.29, 0.717) is 13.1 Å². The van der Waals surface area contributed by atoms with E-state index in [9.17, 15) is 9.59 Å². The number of ether oxygens (including phenoxy) is 1. The van der Waals surface area contributed by atoms with Gasteiger partial charge in [-0.2, -0.15) is 0 Å². The molecule has 98 valence electrons. The highest BCUT2D eigenvalue weighted by atomic mass is 16.5. The Morgan fingerprint density at radius 3 is 2.53 bits per heavy atom. The van der Waals surface area contributed by atoms with E-state index in [0.717, 1.165) is 0 Å². The number of carbonyl (C=O) groups excluding carboxylic acids is 1. The van der Waals surface area contributed by atoms with Crippen LogP contribution in [0.3, 0.4) is 0 Å². The van der Waals surface area contributed by atoms with Gasteiger partial charge in [-0.05, 0) is 20.8 Å². The van der Waals surface area contributed by atoms with Gasteiger partial charge < -0.3 is 20.1 Å². The molecule has 0 bridgehead atoms. The lowest BCUT2D eigenvalue weighted by molar-refractivity contribution is -0.148. The fourth-order valence-electron chi connectivity index (χ4n) is 1.84.